The Morgan fingerprint density at radius 2 is 1.77 bits per heavy atom. The van der Waals surface area contributed by atoms with E-state index in [-0.39, 0.29) is 4.90 Å². The van der Waals surface area contributed by atoms with Gasteiger partial charge in [-0.15, -0.1) is 0 Å². The average molecular weight is 439 g/mol. The maximum absolute atomic E-state index is 13.3. The van der Waals surface area contributed by atoms with Gasteiger partial charge < -0.3 is 4.74 Å². The number of sulfonamides is 1. The largest absolute Gasteiger partial charge is 0.494 e. The van der Waals surface area contributed by atoms with Gasteiger partial charge in [-0.2, -0.15) is 5.10 Å². The first-order valence-corrected chi connectivity index (χ1v) is 11.0. The number of para-hydroxylation sites is 1. The van der Waals surface area contributed by atoms with Crippen molar-refractivity contribution in [3.63, 3.8) is 0 Å². The second kappa shape index (κ2) is 10.4. The minimum atomic E-state index is -4.01. The number of carbonyl (C=O) groups excluding carboxylic acids is 1. The van der Waals surface area contributed by atoms with Crippen LogP contribution in [0.4, 0.5) is 5.69 Å². The predicted molar refractivity (Wildman–Crippen MR) is 119 cm³/mol. The third kappa shape index (κ3) is 5.89. The number of pyridine rings is 1. The molecule has 0 aliphatic heterocycles. The number of anilines is 1. The molecule has 31 heavy (non-hydrogen) atoms. The number of aromatic nitrogens is 1. The van der Waals surface area contributed by atoms with E-state index in [1.165, 1.54) is 18.3 Å². The molecule has 160 valence electrons. The number of hydrogen-bond acceptors (Lipinski definition) is 6. The number of amides is 1. The van der Waals surface area contributed by atoms with Crippen LogP contribution in [0.2, 0.25) is 0 Å². The van der Waals surface area contributed by atoms with Crippen molar-refractivity contribution < 1.29 is 17.9 Å². The zero-order valence-electron chi connectivity index (χ0n) is 16.9. The lowest BCUT2D eigenvalue weighted by molar-refractivity contribution is -0.119. The fourth-order valence-corrected chi connectivity index (χ4v) is 4.12. The zero-order valence-corrected chi connectivity index (χ0v) is 17.7. The molecule has 0 saturated heterocycles. The van der Waals surface area contributed by atoms with Crippen molar-refractivity contribution in [2.24, 2.45) is 5.10 Å². The first-order valence-electron chi connectivity index (χ1n) is 9.54. The minimum Gasteiger partial charge on any atom is -0.494 e. The molecule has 8 nitrogen and oxygen atoms in total. The van der Waals surface area contributed by atoms with Crippen LogP contribution >= 0.6 is 0 Å². The van der Waals surface area contributed by atoms with Gasteiger partial charge in [0.2, 0.25) is 0 Å². The van der Waals surface area contributed by atoms with Crippen LogP contribution < -0.4 is 14.5 Å². The third-order valence-corrected chi connectivity index (χ3v) is 5.92. The highest BCUT2D eigenvalue weighted by Gasteiger charge is 2.27. The number of ether oxygens (including phenoxy) is 1. The maximum Gasteiger partial charge on any atom is 0.264 e. The maximum atomic E-state index is 13.3. The number of hydrogen-bond donors (Lipinski definition) is 1. The molecule has 0 unspecified atom stereocenters. The molecule has 0 spiro atoms. The lowest BCUT2D eigenvalue weighted by Crippen LogP contribution is -2.39. The highest BCUT2D eigenvalue weighted by atomic mass is 32.2. The molecule has 3 rings (SSSR count). The Kier molecular flexibility index (Phi) is 7.34. The molecule has 0 aliphatic carbocycles. The summed E-state index contributed by atoms with van der Waals surface area (Å²) in [5.41, 5.74) is 3.27. The highest BCUT2D eigenvalue weighted by Crippen LogP contribution is 2.24. The lowest BCUT2D eigenvalue weighted by Gasteiger charge is -2.23. The summed E-state index contributed by atoms with van der Waals surface area (Å²) >= 11 is 0. The summed E-state index contributed by atoms with van der Waals surface area (Å²) in [4.78, 5) is 16.6. The number of hydrazone groups is 1. The minimum absolute atomic E-state index is 0.0459. The Morgan fingerprint density at radius 3 is 2.42 bits per heavy atom. The average Bonchev–Trinajstić information content (AvgIpc) is 2.79. The van der Waals surface area contributed by atoms with E-state index in [0.717, 1.165) is 4.31 Å². The molecule has 1 amide bonds. The number of benzene rings is 2. The Hall–Kier alpha value is -3.72. The normalized spacial score (nSPS) is 11.3. The number of nitrogens with zero attached hydrogens (tertiary/aromatic N) is 3. The van der Waals surface area contributed by atoms with E-state index in [9.17, 15) is 13.2 Å². The molecular weight excluding hydrogens is 416 g/mol. The lowest BCUT2D eigenvalue weighted by atomic mass is 10.3. The molecule has 1 heterocycles. The van der Waals surface area contributed by atoms with Gasteiger partial charge in [-0.05, 0) is 55.5 Å². The van der Waals surface area contributed by atoms with E-state index in [1.54, 1.807) is 66.9 Å². The van der Waals surface area contributed by atoms with Gasteiger partial charge in [-0.3, -0.25) is 14.1 Å². The van der Waals surface area contributed by atoms with Gasteiger partial charge in [0.05, 0.1) is 29.1 Å². The van der Waals surface area contributed by atoms with Crippen LogP contribution in [0.25, 0.3) is 0 Å². The van der Waals surface area contributed by atoms with E-state index < -0.39 is 22.5 Å². The van der Waals surface area contributed by atoms with Gasteiger partial charge in [-0.1, -0.05) is 24.3 Å². The van der Waals surface area contributed by atoms with E-state index in [0.29, 0.717) is 23.7 Å². The molecule has 0 bridgehead atoms. The van der Waals surface area contributed by atoms with Crippen molar-refractivity contribution in [3.8, 4) is 5.75 Å². The molecule has 0 aliphatic rings. The second-order valence-electron chi connectivity index (χ2n) is 6.30. The number of rotatable bonds is 9. The van der Waals surface area contributed by atoms with Crippen LogP contribution in [0.3, 0.4) is 0 Å². The quantitative estimate of drug-likeness (QED) is 0.409. The van der Waals surface area contributed by atoms with E-state index in [2.05, 4.69) is 15.5 Å². The fourth-order valence-electron chi connectivity index (χ4n) is 2.70. The van der Waals surface area contributed by atoms with Crippen LogP contribution in [-0.4, -0.2) is 38.7 Å². The molecule has 0 atom stereocenters. The van der Waals surface area contributed by atoms with E-state index in [1.807, 2.05) is 6.92 Å². The summed E-state index contributed by atoms with van der Waals surface area (Å²) in [6.07, 6.45) is 2.98. The molecule has 0 radical (unpaired) electrons. The van der Waals surface area contributed by atoms with Crippen LogP contribution in [-0.2, 0) is 14.8 Å². The second-order valence-corrected chi connectivity index (χ2v) is 8.16. The SMILES string of the molecule is CCOc1ccc(S(=O)(=O)N(CC(=O)N/N=C\c2ccccn2)c2ccccc2)cc1. The van der Waals surface area contributed by atoms with Crippen LogP contribution in [0.5, 0.6) is 5.75 Å². The Bertz CT molecular complexity index is 1120. The molecule has 3 aromatic rings. The smallest absolute Gasteiger partial charge is 0.264 e. The standard InChI is InChI=1S/C22H22N4O4S/c1-2-30-20-11-13-21(14-12-20)31(28,29)26(19-9-4-3-5-10-19)17-22(27)25-24-16-18-8-6-7-15-23-18/h3-16H,2,17H2,1H3,(H,25,27)/b24-16-. The molecule has 0 fully saturated rings. The molecule has 1 N–H and O–H groups in total. The Labute approximate surface area is 181 Å². The molecule has 1 aromatic heterocycles. The van der Waals surface area contributed by atoms with Gasteiger partial charge >= 0.3 is 0 Å². The van der Waals surface area contributed by atoms with E-state index >= 15 is 0 Å². The van der Waals surface area contributed by atoms with Crippen LogP contribution in [0.15, 0.2) is 89.0 Å². The first kappa shape index (κ1) is 22.0. The molecule has 9 heteroatoms. The summed E-state index contributed by atoms with van der Waals surface area (Å²) in [5.74, 6) is -0.0279. The highest BCUT2D eigenvalue weighted by molar-refractivity contribution is 7.92. The van der Waals surface area contributed by atoms with E-state index in [4.69, 9.17) is 4.74 Å². The van der Waals surface area contributed by atoms with Crippen LogP contribution in [0, 0.1) is 0 Å². The van der Waals surface area contributed by atoms with Crippen LogP contribution in [0.1, 0.15) is 12.6 Å². The predicted octanol–water partition coefficient (Wildman–Crippen LogP) is 2.83. The number of nitrogens with one attached hydrogen (secondary N) is 1. The molecular formula is C22H22N4O4S. The van der Waals surface area contributed by atoms with Gasteiger partial charge in [0, 0.05) is 6.20 Å². The Morgan fingerprint density at radius 1 is 1.06 bits per heavy atom. The van der Waals surface area contributed by atoms with Crippen molar-refractivity contribution in [1.82, 2.24) is 10.4 Å². The summed E-state index contributed by atoms with van der Waals surface area (Å²) < 4.78 is 33.0. The van der Waals surface area contributed by atoms with Crippen molar-refractivity contribution in [2.45, 2.75) is 11.8 Å². The van der Waals surface area contributed by atoms with Gasteiger partial charge in [-0.25, -0.2) is 13.8 Å². The summed E-state index contributed by atoms with van der Waals surface area (Å²) in [6, 6.07) is 19.8. The topological polar surface area (TPSA) is 101 Å². The fraction of sp³-hybridized carbons (Fsp3) is 0.136. The van der Waals surface area contributed by atoms with Gasteiger partial charge in [0.1, 0.15) is 12.3 Å². The monoisotopic (exact) mass is 438 g/mol. The third-order valence-electron chi connectivity index (χ3n) is 4.13. The van der Waals surface area contributed by atoms with Crippen molar-refractivity contribution in [1.29, 1.82) is 0 Å². The summed E-state index contributed by atoms with van der Waals surface area (Å²) in [6.45, 7) is 1.87. The zero-order chi connectivity index (χ0) is 22.1. The Balaban J connectivity index is 1.81. The summed E-state index contributed by atoms with van der Waals surface area (Å²) in [5, 5.41) is 3.85. The van der Waals surface area contributed by atoms with Crippen molar-refractivity contribution in [3.05, 3.63) is 84.7 Å². The van der Waals surface area contributed by atoms with Crippen molar-refractivity contribution >= 4 is 27.8 Å². The summed E-state index contributed by atoms with van der Waals surface area (Å²) in [7, 11) is -4.01. The number of carbonyl (C=O) groups is 1. The first-order chi connectivity index (χ1) is 15.0. The molecule has 0 saturated carbocycles. The molecule has 2 aromatic carbocycles. The van der Waals surface area contributed by atoms with Crippen molar-refractivity contribution in [2.75, 3.05) is 17.5 Å². The van der Waals surface area contributed by atoms with Gasteiger partial charge in [0.15, 0.2) is 0 Å². The van der Waals surface area contributed by atoms with Gasteiger partial charge in [0.25, 0.3) is 15.9 Å².